The Kier molecular flexibility index (Phi) is 10.9. The van der Waals surface area contributed by atoms with Gasteiger partial charge < -0.3 is 18.8 Å². The van der Waals surface area contributed by atoms with Gasteiger partial charge in [0, 0.05) is 17.5 Å². The maximum absolute atomic E-state index is 13.5. The molecule has 0 unspecified atom stereocenters. The Morgan fingerprint density at radius 2 is 1.65 bits per heavy atom. The zero-order valence-corrected chi connectivity index (χ0v) is 25.8. The molecule has 0 saturated carbocycles. The molecule has 0 aliphatic heterocycles. The van der Waals surface area contributed by atoms with Gasteiger partial charge in [-0.05, 0) is 89.8 Å². The molecule has 0 N–H and O–H groups in total. The number of carbonyl (C=O) groups excluding carboxylic acids is 3. The second kappa shape index (κ2) is 13.7. The van der Waals surface area contributed by atoms with Gasteiger partial charge in [0.2, 0.25) is 11.6 Å². The Hall–Kier alpha value is -1.99. The van der Waals surface area contributed by atoms with Crippen molar-refractivity contribution in [2.75, 3.05) is 26.2 Å². The number of Topliss-reactive ketones (excluding diaryl/α,β-unsaturated/α-hetero) is 2. The van der Waals surface area contributed by atoms with E-state index >= 15 is 0 Å². The van der Waals surface area contributed by atoms with Crippen LogP contribution in [0.1, 0.15) is 60.6 Å². The number of nitrogens with zero attached hydrogens (tertiary/aromatic N) is 1. The third-order valence-electron chi connectivity index (χ3n) is 6.12. The largest absolute Gasteiger partial charge is 0.490 e. The summed E-state index contributed by atoms with van der Waals surface area (Å²) in [5.41, 5.74) is 0.797. The molecule has 0 fully saturated rings. The number of likely N-dealkylation sites (N-methyl/N-ethyl adjacent to an activating group) is 1. The summed E-state index contributed by atoms with van der Waals surface area (Å²) in [6, 6.07) is 10.3. The van der Waals surface area contributed by atoms with E-state index in [1.165, 1.54) is 0 Å². The highest BCUT2D eigenvalue weighted by Gasteiger charge is 2.29. The van der Waals surface area contributed by atoms with Crippen molar-refractivity contribution in [1.82, 2.24) is 4.90 Å². The van der Waals surface area contributed by atoms with Crippen molar-refractivity contribution in [1.29, 1.82) is 0 Å². The lowest BCUT2D eigenvalue weighted by Gasteiger charge is -2.19. The number of ketones is 2. The molecular weight excluding hydrogens is 700 g/mol. The minimum Gasteiger partial charge on any atom is -0.490 e. The molecule has 198 valence electrons. The highest BCUT2D eigenvalue weighted by molar-refractivity contribution is 14.1. The predicted octanol–water partition coefficient (Wildman–Crippen LogP) is 6.31. The number of hydrogen-bond acceptors (Lipinski definition) is 7. The van der Waals surface area contributed by atoms with Gasteiger partial charge in [-0.25, -0.2) is 0 Å². The lowest BCUT2D eigenvalue weighted by Crippen LogP contribution is -2.28. The molecule has 3 aromatic rings. The number of carbonyl (C=O) groups is 3. The lowest BCUT2D eigenvalue weighted by molar-refractivity contribution is -0.147. The summed E-state index contributed by atoms with van der Waals surface area (Å²) in [5.74, 6) is -1.08. The van der Waals surface area contributed by atoms with E-state index in [2.05, 4.69) is 63.9 Å². The quantitative estimate of drug-likeness (QED) is 0.0882. The molecule has 3 rings (SSSR count). The average Bonchev–Trinajstić information content (AvgIpc) is 3.24. The summed E-state index contributed by atoms with van der Waals surface area (Å²) in [7, 11) is 0. The number of benzene rings is 2. The molecule has 9 heteroatoms. The van der Waals surface area contributed by atoms with E-state index < -0.39 is 17.5 Å². The van der Waals surface area contributed by atoms with Gasteiger partial charge in [-0.1, -0.05) is 39.0 Å². The van der Waals surface area contributed by atoms with E-state index in [1.807, 2.05) is 6.92 Å². The molecule has 0 aliphatic carbocycles. The van der Waals surface area contributed by atoms with Crippen molar-refractivity contribution >= 4 is 73.7 Å². The van der Waals surface area contributed by atoms with E-state index in [9.17, 15) is 14.4 Å². The number of halogens is 2. The average molecular weight is 731 g/mol. The van der Waals surface area contributed by atoms with Gasteiger partial charge in [0.1, 0.15) is 30.1 Å². The van der Waals surface area contributed by atoms with Crippen LogP contribution in [-0.2, 0) is 16.0 Å². The zero-order valence-electron chi connectivity index (χ0n) is 21.4. The van der Waals surface area contributed by atoms with Crippen LogP contribution in [0.25, 0.3) is 11.0 Å². The van der Waals surface area contributed by atoms with Crippen LogP contribution < -0.4 is 4.74 Å². The molecule has 0 radical (unpaired) electrons. The molecular formula is C28H31I2NO6. The van der Waals surface area contributed by atoms with Crippen LogP contribution in [0.4, 0.5) is 0 Å². The monoisotopic (exact) mass is 731 g/mol. The Bertz CT molecular complexity index is 1260. The second-order valence-electron chi connectivity index (χ2n) is 8.58. The first-order valence-electron chi connectivity index (χ1n) is 12.3. The highest BCUT2D eigenvalue weighted by atomic mass is 127. The van der Waals surface area contributed by atoms with Gasteiger partial charge >= 0.3 is 5.97 Å². The van der Waals surface area contributed by atoms with E-state index in [0.717, 1.165) is 26.8 Å². The molecule has 0 amide bonds. The minimum absolute atomic E-state index is 0.103. The van der Waals surface area contributed by atoms with E-state index in [0.29, 0.717) is 29.7 Å². The summed E-state index contributed by atoms with van der Waals surface area (Å²) < 4.78 is 18.7. The fourth-order valence-corrected chi connectivity index (χ4v) is 5.92. The fraction of sp³-hybridized carbons (Fsp3) is 0.393. The number of hydrogen-bond donors (Lipinski definition) is 0. The number of para-hydroxylation sites is 1. The summed E-state index contributed by atoms with van der Waals surface area (Å²) in [5, 5.41) is 0.493. The normalized spacial score (nSPS) is 12.1. The topological polar surface area (TPSA) is 86.0 Å². The molecule has 37 heavy (non-hydrogen) atoms. The van der Waals surface area contributed by atoms with Crippen LogP contribution in [0, 0.1) is 7.14 Å². The third kappa shape index (κ3) is 7.32. The summed E-state index contributed by atoms with van der Waals surface area (Å²) in [6.07, 6.45) is 0.180. The second-order valence-corrected chi connectivity index (χ2v) is 10.9. The van der Waals surface area contributed by atoms with Crippen molar-refractivity contribution in [2.45, 2.75) is 46.6 Å². The van der Waals surface area contributed by atoms with Crippen LogP contribution in [0.5, 0.6) is 5.75 Å². The summed E-state index contributed by atoms with van der Waals surface area (Å²) in [4.78, 5) is 41.6. The first kappa shape index (κ1) is 29.6. The number of fused-ring (bicyclic) bond motifs is 1. The molecule has 0 spiro atoms. The fourth-order valence-electron chi connectivity index (χ4n) is 3.84. The first-order valence-corrected chi connectivity index (χ1v) is 14.5. The van der Waals surface area contributed by atoms with Crippen LogP contribution in [0.2, 0.25) is 0 Å². The van der Waals surface area contributed by atoms with Crippen molar-refractivity contribution < 1.29 is 28.3 Å². The summed E-state index contributed by atoms with van der Waals surface area (Å²) >= 11 is 4.24. The summed E-state index contributed by atoms with van der Waals surface area (Å²) in [6.45, 7) is 11.1. The molecule has 2 aromatic carbocycles. The molecule has 7 nitrogen and oxygen atoms in total. The molecule has 1 heterocycles. The van der Waals surface area contributed by atoms with Crippen LogP contribution >= 0.6 is 45.2 Å². The van der Waals surface area contributed by atoms with E-state index in [-0.39, 0.29) is 29.4 Å². The minimum atomic E-state index is -0.724. The van der Waals surface area contributed by atoms with E-state index in [4.69, 9.17) is 13.9 Å². The number of esters is 1. The highest BCUT2D eigenvalue weighted by Crippen LogP contribution is 2.32. The Balaban J connectivity index is 1.87. The first-order chi connectivity index (χ1) is 17.7. The van der Waals surface area contributed by atoms with Crippen LogP contribution in [0.3, 0.4) is 0 Å². The maximum Gasteiger partial charge on any atom is 0.313 e. The molecule has 1 atom stereocenters. The zero-order chi connectivity index (χ0) is 27.1. The van der Waals surface area contributed by atoms with Gasteiger partial charge in [0.25, 0.3) is 0 Å². The van der Waals surface area contributed by atoms with Crippen LogP contribution in [0.15, 0.2) is 40.8 Å². The third-order valence-corrected chi connectivity index (χ3v) is 7.73. The van der Waals surface area contributed by atoms with Crippen molar-refractivity contribution in [2.24, 2.45) is 0 Å². The van der Waals surface area contributed by atoms with Crippen LogP contribution in [-0.4, -0.2) is 54.8 Å². The Morgan fingerprint density at radius 3 is 2.27 bits per heavy atom. The van der Waals surface area contributed by atoms with Crippen molar-refractivity contribution in [3.05, 3.63) is 60.4 Å². The van der Waals surface area contributed by atoms with Gasteiger partial charge in [-0.2, -0.15) is 0 Å². The Labute approximate surface area is 244 Å². The van der Waals surface area contributed by atoms with Crippen molar-refractivity contribution in [3.8, 4) is 5.75 Å². The smallest absolute Gasteiger partial charge is 0.313 e. The van der Waals surface area contributed by atoms with Crippen molar-refractivity contribution in [3.63, 3.8) is 0 Å². The molecule has 0 aliphatic rings. The standard InChI is InChI=1S/C28H31I2NO6/c1-5-17(4)36-24(32)16-23-25(19-10-8-9-11-22(19)37-23)27(34)26(33)18-14-20(29)28(21(30)15-18)35-13-12-31(6-2)7-3/h8-11,14-15,17H,5-7,12-13,16H2,1-4H3/t17-/m0/s1. The number of ether oxygens (including phenoxy) is 2. The van der Waals surface area contributed by atoms with Gasteiger partial charge in [0.05, 0.1) is 18.8 Å². The number of rotatable bonds is 13. The Morgan fingerprint density at radius 1 is 1.00 bits per heavy atom. The van der Waals surface area contributed by atoms with Gasteiger partial charge in [-0.15, -0.1) is 0 Å². The van der Waals surface area contributed by atoms with E-state index in [1.54, 1.807) is 43.3 Å². The molecule has 0 bridgehead atoms. The van der Waals surface area contributed by atoms with Gasteiger partial charge in [0.15, 0.2) is 0 Å². The lowest BCUT2D eigenvalue weighted by atomic mass is 9.98. The van der Waals surface area contributed by atoms with Gasteiger partial charge in [-0.3, -0.25) is 14.4 Å². The predicted molar refractivity (Wildman–Crippen MR) is 160 cm³/mol. The molecule has 0 saturated heterocycles. The molecule has 1 aromatic heterocycles. The maximum atomic E-state index is 13.5. The number of furan rings is 1. The SMILES string of the molecule is CC[C@H](C)OC(=O)Cc1oc2ccccc2c1C(=O)C(=O)c1cc(I)c(OCCN(CC)CC)c(I)c1.